The van der Waals surface area contributed by atoms with E-state index >= 15 is 0 Å². The van der Waals surface area contributed by atoms with E-state index < -0.39 is 0 Å². The monoisotopic (exact) mass is 307 g/mol. The molecule has 0 saturated heterocycles. The number of esters is 1. The SMILES string of the molecule is CCOC(=O)C1=Cc2ccc(-c3cccnc3)cc2N=C(N)C1. The summed E-state index contributed by atoms with van der Waals surface area (Å²) >= 11 is 0. The maximum Gasteiger partial charge on any atom is 0.334 e. The van der Waals surface area contributed by atoms with Crippen LogP contribution in [-0.4, -0.2) is 23.4 Å². The van der Waals surface area contributed by atoms with Gasteiger partial charge in [0.15, 0.2) is 0 Å². The van der Waals surface area contributed by atoms with Gasteiger partial charge >= 0.3 is 5.97 Å². The summed E-state index contributed by atoms with van der Waals surface area (Å²) in [5.74, 6) is 0.0428. The Bertz CT molecular complexity index is 795. The van der Waals surface area contributed by atoms with Gasteiger partial charge in [-0.05, 0) is 30.7 Å². The number of aliphatic imine (C=N–C) groups is 1. The number of pyridine rings is 1. The number of fused-ring (bicyclic) bond motifs is 1. The summed E-state index contributed by atoms with van der Waals surface area (Å²) in [5.41, 5.74) is 10.1. The molecule has 2 N–H and O–H groups in total. The van der Waals surface area contributed by atoms with Gasteiger partial charge in [-0.3, -0.25) is 4.98 Å². The van der Waals surface area contributed by atoms with Crippen molar-refractivity contribution < 1.29 is 9.53 Å². The number of hydrogen-bond donors (Lipinski definition) is 1. The molecule has 1 aliphatic heterocycles. The summed E-state index contributed by atoms with van der Waals surface area (Å²) in [6, 6.07) is 9.73. The molecule has 1 aromatic heterocycles. The van der Waals surface area contributed by atoms with Crippen LogP contribution in [0.4, 0.5) is 5.69 Å². The zero-order valence-electron chi connectivity index (χ0n) is 12.8. The Balaban J connectivity index is 2.03. The standard InChI is InChI=1S/C18H17N3O2/c1-2-23-18(22)15-8-13-6-5-12(14-4-3-7-20-11-14)9-16(13)21-17(19)10-15/h3-9,11H,2,10H2,1H3,(H2,19,21). The van der Waals surface area contributed by atoms with E-state index in [0.717, 1.165) is 22.4 Å². The molecule has 1 aliphatic rings. The van der Waals surface area contributed by atoms with Gasteiger partial charge < -0.3 is 10.5 Å². The van der Waals surface area contributed by atoms with Gasteiger partial charge in [-0.2, -0.15) is 0 Å². The van der Waals surface area contributed by atoms with Crippen LogP contribution in [0.2, 0.25) is 0 Å². The number of amidine groups is 1. The number of carbonyl (C=O) groups is 1. The van der Waals surface area contributed by atoms with E-state index in [-0.39, 0.29) is 12.4 Å². The minimum absolute atomic E-state index is 0.287. The van der Waals surface area contributed by atoms with Gasteiger partial charge in [-0.1, -0.05) is 18.2 Å². The number of nitrogens with two attached hydrogens (primary N) is 1. The van der Waals surface area contributed by atoms with Gasteiger partial charge in [0, 0.05) is 35.5 Å². The van der Waals surface area contributed by atoms with Gasteiger partial charge in [-0.25, -0.2) is 9.79 Å². The zero-order valence-corrected chi connectivity index (χ0v) is 12.8. The van der Waals surface area contributed by atoms with Crippen LogP contribution in [0, 0.1) is 0 Å². The van der Waals surface area contributed by atoms with Crippen molar-refractivity contribution in [2.24, 2.45) is 10.7 Å². The lowest BCUT2D eigenvalue weighted by Gasteiger charge is -2.06. The van der Waals surface area contributed by atoms with Gasteiger partial charge in [0.2, 0.25) is 0 Å². The van der Waals surface area contributed by atoms with Crippen molar-refractivity contribution in [3.63, 3.8) is 0 Å². The summed E-state index contributed by atoms with van der Waals surface area (Å²) in [5, 5.41) is 0. The summed E-state index contributed by atoms with van der Waals surface area (Å²) in [7, 11) is 0. The molecule has 0 aliphatic carbocycles. The van der Waals surface area contributed by atoms with E-state index in [0.29, 0.717) is 18.0 Å². The second kappa shape index (κ2) is 6.44. The van der Waals surface area contributed by atoms with Crippen LogP contribution < -0.4 is 5.73 Å². The first-order valence-electron chi connectivity index (χ1n) is 7.42. The topological polar surface area (TPSA) is 77.6 Å². The number of carbonyl (C=O) groups excluding carboxylic acids is 1. The maximum absolute atomic E-state index is 12.0. The summed E-state index contributed by atoms with van der Waals surface area (Å²) < 4.78 is 5.07. The van der Waals surface area contributed by atoms with Crippen molar-refractivity contribution in [2.45, 2.75) is 13.3 Å². The third kappa shape index (κ3) is 3.29. The van der Waals surface area contributed by atoms with Crippen molar-refractivity contribution in [3.05, 3.63) is 53.9 Å². The molecule has 0 fully saturated rings. The van der Waals surface area contributed by atoms with Gasteiger partial charge in [0.05, 0.1) is 12.3 Å². The predicted octanol–water partition coefficient (Wildman–Crippen LogP) is 3.09. The molecule has 0 atom stereocenters. The highest BCUT2D eigenvalue weighted by molar-refractivity contribution is 6.03. The van der Waals surface area contributed by atoms with Crippen LogP contribution in [-0.2, 0) is 9.53 Å². The highest BCUT2D eigenvalue weighted by atomic mass is 16.5. The second-order valence-electron chi connectivity index (χ2n) is 5.19. The molecule has 0 radical (unpaired) electrons. The summed E-state index contributed by atoms with van der Waals surface area (Å²) in [6.07, 6.45) is 5.61. The highest BCUT2D eigenvalue weighted by Gasteiger charge is 2.17. The number of benzene rings is 1. The number of aromatic nitrogens is 1. The first-order chi connectivity index (χ1) is 11.2. The smallest absolute Gasteiger partial charge is 0.334 e. The normalized spacial score (nSPS) is 13.4. The summed E-state index contributed by atoms with van der Waals surface area (Å²) in [6.45, 7) is 2.11. The number of ether oxygens (including phenoxy) is 1. The lowest BCUT2D eigenvalue weighted by molar-refractivity contribution is -0.138. The first-order valence-corrected chi connectivity index (χ1v) is 7.42. The van der Waals surface area contributed by atoms with E-state index in [1.165, 1.54) is 0 Å². The average Bonchev–Trinajstić information content (AvgIpc) is 2.73. The lowest BCUT2D eigenvalue weighted by atomic mass is 10.0. The van der Waals surface area contributed by atoms with Crippen molar-refractivity contribution in [1.29, 1.82) is 0 Å². The van der Waals surface area contributed by atoms with Crippen LogP contribution in [0.15, 0.2) is 53.3 Å². The van der Waals surface area contributed by atoms with Crippen LogP contribution in [0.1, 0.15) is 18.9 Å². The third-order valence-corrected chi connectivity index (χ3v) is 3.53. The molecule has 0 unspecified atom stereocenters. The quantitative estimate of drug-likeness (QED) is 0.884. The highest BCUT2D eigenvalue weighted by Crippen LogP contribution is 2.31. The molecule has 3 rings (SSSR count). The minimum Gasteiger partial charge on any atom is -0.463 e. The zero-order chi connectivity index (χ0) is 16.2. The Labute approximate surface area is 134 Å². The van der Waals surface area contributed by atoms with Crippen molar-refractivity contribution in [2.75, 3.05) is 6.61 Å². The Morgan fingerprint density at radius 2 is 2.17 bits per heavy atom. The van der Waals surface area contributed by atoms with Crippen LogP contribution >= 0.6 is 0 Å². The number of hydrogen-bond acceptors (Lipinski definition) is 5. The maximum atomic E-state index is 12.0. The van der Waals surface area contributed by atoms with E-state index in [2.05, 4.69) is 9.98 Å². The lowest BCUT2D eigenvalue weighted by Crippen LogP contribution is -2.16. The fourth-order valence-corrected chi connectivity index (χ4v) is 2.46. The molecular formula is C18H17N3O2. The van der Waals surface area contributed by atoms with Gasteiger partial charge in [0.25, 0.3) is 0 Å². The molecule has 1 aromatic carbocycles. The molecule has 2 aromatic rings. The average molecular weight is 307 g/mol. The molecule has 5 heteroatoms. The Morgan fingerprint density at radius 1 is 1.30 bits per heavy atom. The fourth-order valence-electron chi connectivity index (χ4n) is 2.46. The molecule has 0 bridgehead atoms. The molecule has 0 spiro atoms. The predicted molar refractivity (Wildman–Crippen MR) is 90.2 cm³/mol. The van der Waals surface area contributed by atoms with E-state index in [9.17, 15) is 4.79 Å². The molecule has 0 saturated carbocycles. The number of nitrogens with zero attached hydrogens (tertiary/aromatic N) is 2. The summed E-state index contributed by atoms with van der Waals surface area (Å²) in [4.78, 5) is 20.5. The van der Waals surface area contributed by atoms with Gasteiger partial charge in [0.1, 0.15) is 5.84 Å². The fraction of sp³-hybridized carbons (Fsp3) is 0.167. The molecule has 116 valence electrons. The molecule has 2 heterocycles. The number of rotatable bonds is 3. The van der Waals surface area contributed by atoms with Gasteiger partial charge in [-0.15, -0.1) is 0 Å². The molecule has 23 heavy (non-hydrogen) atoms. The Hall–Kier alpha value is -2.95. The second-order valence-corrected chi connectivity index (χ2v) is 5.19. The minimum atomic E-state index is -0.352. The van der Waals surface area contributed by atoms with Crippen LogP contribution in [0.3, 0.4) is 0 Å². The molecular weight excluding hydrogens is 290 g/mol. The van der Waals surface area contributed by atoms with Crippen molar-refractivity contribution in [3.8, 4) is 11.1 Å². The Morgan fingerprint density at radius 3 is 2.91 bits per heavy atom. The van der Waals surface area contributed by atoms with Crippen molar-refractivity contribution in [1.82, 2.24) is 4.98 Å². The molecule has 0 amide bonds. The molecule has 5 nitrogen and oxygen atoms in total. The Kier molecular flexibility index (Phi) is 4.19. The van der Waals surface area contributed by atoms with Crippen LogP contribution in [0.25, 0.3) is 17.2 Å². The largest absolute Gasteiger partial charge is 0.463 e. The van der Waals surface area contributed by atoms with E-state index in [1.54, 1.807) is 25.4 Å². The first kappa shape index (κ1) is 15.0. The third-order valence-electron chi connectivity index (χ3n) is 3.53. The van der Waals surface area contributed by atoms with E-state index in [1.807, 2.05) is 30.3 Å². The van der Waals surface area contributed by atoms with Crippen LogP contribution in [0.5, 0.6) is 0 Å². The van der Waals surface area contributed by atoms with E-state index in [4.69, 9.17) is 10.5 Å². The van der Waals surface area contributed by atoms with Crippen molar-refractivity contribution >= 4 is 23.6 Å².